The molecular weight excluding hydrogens is 282 g/mol. The van der Waals surface area contributed by atoms with Gasteiger partial charge < -0.3 is 15.7 Å². The minimum atomic E-state index is -0.684. The number of aliphatic hydroxyl groups excluding tert-OH is 1. The Morgan fingerprint density at radius 1 is 1.53 bits per heavy atom. The highest BCUT2D eigenvalue weighted by atomic mass is 79.9. The molecule has 1 unspecified atom stereocenters. The Morgan fingerprint density at radius 3 is 2.71 bits per heavy atom. The van der Waals surface area contributed by atoms with E-state index in [0.717, 1.165) is 36.2 Å². The molecular formula is C12H18BrN3O. The Bertz CT molecular complexity index is 389. The van der Waals surface area contributed by atoms with E-state index in [1.165, 1.54) is 5.56 Å². The van der Waals surface area contributed by atoms with Crippen molar-refractivity contribution in [3.8, 4) is 0 Å². The lowest BCUT2D eigenvalue weighted by Gasteiger charge is -2.34. The van der Waals surface area contributed by atoms with Crippen LogP contribution < -0.4 is 10.6 Å². The number of nitrogens with zero attached hydrogens (tertiary/aromatic N) is 2. The molecule has 0 aliphatic carbocycles. The van der Waals surface area contributed by atoms with Gasteiger partial charge in [0.15, 0.2) is 0 Å². The molecule has 4 nitrogen and oxygen atoms in total. The molecule has 0 aromatic carbocycles. The van der Waals surface area contributed by atoms with Crippen LogP contribution >= 0.6 is 15.9 Å². The maximum Gasteiger partial charge on any atom is 0.131 e. The molecule has 0 spiro atoms. The fraction of sp³-hybridized carbons (Fsp3) is 0.583. The first-order valence-corrected chi connectivity index (χ1v) is 6.68. The van der Waals surface area contributed by atoms with Gasteiger partial charge in [0, 0.05) is 29.7 Å². The highest BCUT2D eigenvalue weighted by Gasteiger charge is 2.24. The molecule has 0 bridgehead atoms. The average Bonchev–Trinajstić information content (AvgIpc) is 2.29. The van der Waals surface area contributed by atoms with Crippen molar-refractivity contribution < 1.29 is 5.11 Å². The van der Waals surface area contributed by atoms with E-state index in [-0.39, 0.29) is 5.92 Å². The number of nitrogens with two attached hydrogens (primary N) is 1. The Morgan fingerprint density at radius 2 is 2.18 bits per heavy atom. The summed E-state index contributed by atoms with van der Waals surface area (Å²) in [5.74, 6) is 1.26. The lowest BCUT2D eigenvalue weighted by molar-refractivity contribution is 0.0987. The number of anilines is 1. The first-order chi connectivity index (χ1) is 8.08. The smallest absolute Gasteiger partial charge is 0.131 e. The highest BCUT2D eigenvalue weighted by Crippen LogP contribution is 2.26. The molecule has 0 amide bonds. The van der Waals surface area contributed by atoms with Crippen molar-refractivity contribution in [3.05, 3.63) is 22.3 Å². The molecule has 17 heavy (non-hydrogen) atoms. The summed E-state index contributed by atoms with van der Waals surface area (Å²) in [6.07, 6.45) is 2.99. The van der Waals surface area contributed by atoms with Crippen LogP contribution in [0.5, 0.6) is 0 Å². The van der Waals surface area contributed by atoms with Crippen LogP contribution in [0.15, 0.2) is 16.7 Å². The third-order valence-corrected chi connectivity index (χ3v) is 3.77. The standard InChI is InChI=1S/C12H18BrN3O/c1-8-6-10(13)7-15-12(8)16-4-2-9(3-5-16)11(14)17/h6-7,9,11,17H,2-5,14H2,1H3. The van der Waals surface area contributed by atoms with E-state index in [9.17, 15) is 5.11 Å². The van der Waals surface area contributed by atoms with Crippen LogP contribution in [0.2, 0.25) is 0 Å². The fourth-order valence-corrected chi connectivity index (χ4v) is 2.76. The molecule has 0 radical (unpaired) electrons. The predicted octanol–water partition coefficient (Wildman–Crippen LogP) is 1.65. The number of rotatable bonds is 2. The van der Waals surface area contributed by atoms with Gasteiger partial charge in [-0.3, -0.25) is 0 Å². The Labute approximate surface area is 110 Å². The zero-order valence-electron chi connectivity index (χ0n) is 9.93. The van der Waals surface area contributed by atoms with Crippen molar-refractivity contribution in [1.82, 2.24) is 4.98 Å². The zero-order chi connectivity index (χ0) is 12.4. The average molecular weight is 300 g/mol. The largest absolute Gasteiger partial charge is 0.379 e. The quantitative estimate of drug-likeness (QED) is 0.815. The van der Waals surface area contributed by atoms with Crippen LogP contribution in [-0.4, -0.2) is 29.4 Å². The number of hydrogen-bond acceptors (Lipinski definition) is 4. The summed E-state index contributed by atoms with van der Waals surface area (Å²) in [4.78, 5) is 6.72. The van der Waals surface area contributed by atoms with Crippen LogP contribution in [0.4, 0.5) is 5.82 Å². The Hall–Kier alpha value is -0.650. The molecule has 1 aliphatic heterocycles. The molecule has 2 heterocycles. The number of halogens is 1. The number of aliphatic hydroxyl groups is 1. The molecule has 1 aliphatic rings. The zero-order valence-corrected chi connectivity index (χ0v) is 11.5. The van der Waals surface area contributed by atoms with Crippen LogP contribution in [0.3, 0.4) is 0 Å². The molecule has 1 aromatic rings. The van der Waals surface area contributed by atoms with E-state index in [2.05, 4.69) is 38.8 Å². The molecule has 3 N–H and O–H groups in total. The SMILES string of the molecule is Cc1cc(Br)cnc1N1CCC(C(N)O)CC1. The van der Waals surface area contributed by atoms with Gasteiger partial charge in [-0.15, -0.1) is 0 Å². The minimum Gasteiger partial charge on any atom is -0.379 e. The predicted molar refractivity (Wildman–Crippen MR) is 71.8 cm³/mol. The van der Waals surface area contributed by atoms with E-state index in [1.54, 1.807) is 0 Å². The van der Waals surface area contributed by atoms with Gasteiger partial charge in [-0.25, -0.2) is 4.98 Å². The summed E-state index contributed by atoms with van der Waals surface area (Å²) >= 11 is 3.42. The summed E-state index contributed by atoms with van der Waals surface area (Å²) in [6.45, 7) is 3.89. The summed E-state index contributed by atoms with van der Waals surface area (Å²) in [6, 6.07) is 2.08. The number of pyridine rings is 1. The summed E-state index contributed by atoms with van der Waals surface area (Å²) in [5.41, 5.74) is 6.69. The third kappa shape index (κ3) is 2.97. The van der Waals surface area contributed by atoms with Crippen molar-refractivity contribution in [2.24, 2.45) is 11.7 Å². The van der Waals surface area contributed by atoms with Crippen LogP contribution in [0, 0.1) is 12.8 Å². The van der Waals surface area contributed by atoms with Gasteiger partial charge in [0.05, 0.1) is 0 Å². The van der Waals surface area contributed by atoms with Gasteiger partial charge in [0.2, 0.25) is 0 Å². The van der Waals surface area contributed by atoms with Gasteiger partial charge >= 0.3 is 0 Å². The van der Waals surface area contributed by atoms with Gasteiger partial charge in [-0.2, -0.15) is 0 Å². The second-order valence-electron chi connectivity index (χ2n) is 4.61. The number of piperidine rings is 1. The highest BCUT2D eigenvalue weighted by molar-refractivity contribution is 9.10. The van der Waals surface area contributed by atoms with Crippen LogP contribution in [-0.2, 0) is 0 Å². The third-order valence-electron chi connectivity index (χ3n) is 3.34. The molecule has 94 valence electrons. The van der Waals surface area contributed by atoms with E-state index in [4.69, 9.17) is 5.73 Å². The van der Waals surface area contributed by atoms with Gasteiger partial charge in [-0.05, 0) is 47.3 Å². The maximum absolute atomic E-state index is 9.36. The van der Waals surface area contributed by atoms with E-state index >= 15 is 0 Å². The number of aryl methyl sites for hydroxylation is 1. The van der Waals surface area contributed by atoms with Crippen molar-refractivity contribution in [2.45, 2.75) is 26.0 Å². The first kappa shape index (κ1) is 12.8. The molecule has 2 rings (SSSR count). The summed E-state index contributed by atoms with van der Waals surface area (Å²) < 4.78 is 1.01. The lowest BCUT2D eigenvalue weighted by Crippen LogP contribution is -2.41. The second kappa shape index (κ2) is 5.33. The molecule has 1 atom stereocenters. The first-order valence-electron chi connectivity index (χ1n) is 5.88. The van der Waals surface area contributed by atoms with Gasteiger partial charge in [0.1, 0.15) is 12.0 Å². The molecule has 0 saturated carbocycles. The Balaban J connectivity index is 2.05. The van der Waals surface area contributed by atoms with Crippen LogP contribution in [0.1, 0.15) is 18.4 Å². The van der Waals surface area contributed by atoms with Gasteiger partial charge in [-0.1, -0.05) is 0 Å². The van der Waals surface area contributed by atoms with Crippen molar-refractivity contribution in [3.63, 3.8) is 0 Å². The van der Waals surface area contributed by atoms with Gasteiger partial charge in [0.25, 0.3) is 0 Å². The van der Waals surface area contributed by atoms with Crippen molar-refractivity contribution >= 4 is 21.7 Å². The minimum absolute atomic E-state index is 0.224. The lowest BCUT2D eigenvalue weighted by atomic mass is 9.95. The summed E-state index contributed by atoms with van der Waals surface area (Å²) in [7, 11) is 0. The fourth-order valence-electron chi connectivity index (χ4n) is 2.32. The second-order valence-corrected chi connectivity index (χ2v) is 5.52. The van der Waals surface area contributed by atoms with Crippen molar-refractivity contribution in [1.29, 1.82) is 0 Å². The van der Waals surface area contributed by atoms with E-state index in [0.29, 0.717) is 0 Å². The summed E-state index contributed by atoms with van der Waals surface area (Å²) in [5, 5.41) is 9.36. The number of aromatic nitrogens is 1. The Kier molecular flexibility index (Phi) is 4.01. The monoisotopic (exact) mass is 299 g/mol. The van der Waals surface area contributed by atoms with E-state index < -0.39 is 6.23 Å². The topological polar surface area (TPSA) is 62.4 Å². The van der Waals surface area contributed by atoms with Crippen molar-refractivity contribution in [2.75, 3.05) is 18.0 Å². The molecule has 5 heteroatoms. The molecule has 1 aromatic heterocycles. The molecule has 1 saturated heterocycles. The normalized spacial score (nSPS) is 19.4. The molecule has 1 fully saturated rings. The van der Waals surface area contributed by atoms with Crippen LogP contribution in [0.25, 0.3) is 0 Å². The maximum atomic E-state index is 9.36. The van der Waals surface area contributed by atoms with E-state index in [1.807, 2.05) is 6.20 Å². The number of hydrogen-bond donors (Lipinski definition) is 2.